The minimum atomic E-state index is 0.325. The SMILES string of the molecule is CCCC(Cl)CCc1ccc2ccccc2c1. The fraction of sp³-hybridized carbons (Fsp3) is 0.375. The van der Waals surface area contributed by atoms with Crippen molar-refractivity contribution in [3.8, 4) is 0 Å². The lowest BCUT2D eigenvalue weighted by Gasteiger charge is -2.08. The van der Waals surface area contributed by atoms with Crippen molar-refractivity contribution < 1.29 is 0 Å². The smallest absolute Gasteiger partial charge is 0.0339 e. The number of halogens is 1. The molecule has 2 aromatic rings. The Hall–Kier alpha value is -1.01. The summed E-state index contributed by atoms with van der Waals surface area (Å²) in [5.74, 6) is 0. The standard InChI is InChI=1S/C16H19Cl/c1-2-5-16(17)11-9-13-8-10-14-6-3-4-7-15(14)12-13/h3-4,6-8,10,12,16H,2,5,9,11H2,1H3. The van der Waals surface area contributed by atoms with Gasteiger partial charge in [-0.25, -0.2) is 0 Å². The van der Waals surface area contributed by atoms with E-state index in [0.717, 1.165) is 19.3 Å². The molecule has 0 saturated carbocycles. The van der Waals surface area contributed by atoms with Gasteiger partial charge in [-0.1, -0.05) is 55.8 Å². The summed E-state index contributed by atoms with van der Waals surface area (Å²) in [6.45, 7) is 2.19. The highest BCUT2D eigenvalue weighted by molar-refractivity contribution is 6.20. The van der Waals surface area contributed by atoms with Crippen LogP contribution in [0.1, 0.15) is 31.7 Å². The van der Waals surface area contributed by atoms with Crippen LogP contribution in [0.4, 0.5) is 0 Å². The Balaban J connectivity index is 2.04. The van der Waals surface area contributed by atoms with Crippen LogP contribution in [0.2, 0.25) is 0 Å². The molecule has 0 radical (unpaired) electrons. The molecule has 1 atom stereocenters. The molecule has 0 heterocycles. The van der Waals surface area contributed by atoms with Crippen molar-refractivity contribution >= 4 is 22.4 Å². The maximum absolute atomic E-state index is 6.25. The number of benzene rings is 2. The Morgan fingerprint density at radius 3 is 2.53 bits per heavy atom. The van der Waals surface area contributed by atoms with Crippen LogP contribution in [0.5, 0.6) is 0 Å². The Labute approximate surface area is 109 Å². The predicted octanol–water partition coefficient (Wildman–Crippen LogP) is 5.18. The van der Waals surface area contributed by atoms with E-state index in [1.54, 1.807) is 0 Å². The molecule has 1 unspecified atom stereocenters. The van der Waals surface area contributed by atoms with Gasteiger partial charge in [0.25, 0.3) is 0 Å². The highest BCUT2D eigenvalue weighted by Crippen LogP contribution is 2.19. The lowest BCUT2D eigenvalue weighted by Crippen LogP contribution is -2.00. The van der Waals surface area contributed by atoms with Crippen molar-refractivity contribution in [1.29, 1.82) is 0 Å². The summed E-state index contributed by atoms with van der Waals surface area (Å²) >= 11 is 6.25. The van der Waals surface area contributed by atoms with Crippen LogP contribution < -0.4 is 0 Å². The van der Waals surface area contributed by atoms with Gasteiger partial charge < -0.3 is 0 Å². The first-order valence-corrected chi connectivity index (χ1v) is 6.85. The van der Waals surface area contributed by atoms with Gasteiger partial charge >= 0.3 is 0 Å². The number of rotatable bonds is 5. The van der Waals surface area contributed by atoms with Crippen molar-refractivity contribution in [2.45, 2.75) is 38.0 Å². The van der Waals surface area contributed by atoms with Gasteiger partial charge in [0.1, 0.15) is 0 Å². The highest BCUT2D eigenvalue weighted by Gasteiger charge is 2.04. The van der Waals surface area contributed by atoms with Crippen molar-refractivity contribution in [1.82, 2.24) is 0 Å². The largest absolute Gasteiger partial charge is 0.123 e. The normalized spacial score (nSPS) is 12.8. The Kier molecular flexibility index (Phi) is 4.44. The zero-order valence-corrected chi connectivity index (χ0v) is 11.1. The minimum absolute atomic E-state index is 0.325. The maximum Gasteiger partial charge on any atom is 0.0339 e. The van der Waals surface area contributed by atoms with Crippen LogP contribution in [0.3, 0.4) is 0 Å². The van der Waals surface area contributed by atoms with E-state index in [2.05, 4.69) is 49.4 Å². The van der Waals surface area contributed by atoms with Gasteiger partial charge in [0.15, 0.2) is 0 Å². The molecule has 1 heteroatoms. The molecular formula is C16H19Cl. The molecule has 17 heavy (non-hydrogen) atoms. The first kappa shape index (κ1) is 12.4. The molecule has 0 aliphatic heterocycles. The number of aryl methyl sites for hydroxylation is 1. The molecule has 0 spiro atoms. The minimum Gasteiger partial charge on any atom is -0.123 e. The van der Waals surface area contributed by atoms with E-state index in [0.29, 0.717) is 5.38 Å². The molecule has 0 aliphatic rings. The predicted molar refractivity (Wildman–Crippen MR) is 76.8 cm³/mol. The summed E-state index contributed by atoms with van der Waals surface area (Å²) in [5.41, 5.74) is 1.39. The summed E-state index contributed by atoms with van der Waals surface area (Å²) in [5, 5.41) is 2.96. The lowest BCUT2D eigenvalue weighted by atomic mass is 10.0. The second-order valence-electron chi connectivity index (χ2n) is 4.61. The Bertz CT molecular complexity index is 476. The maximum atomic E-state index is 6.25. The van der Waals surface area contributed by atoms with E-state index in [-0.39, 0.29) is 0 Å². The van der Waals surface area contributed by atoms with E-state index in [4.69, 9.17) is 11.6 Å². The molecule has 0 saturated heterocycles. The van der Waals surface area contributed by atoms with E-state index < -0.39 is 0 Å². The van der Waals surface area contributed by atoms with Crippen LogP contribution in [0, 0.1) is 0 Å². The molecule has 0 aliphatic carbocycles. The van der Waals surface area contributed by atoms with Gasteiger partial charge in [-0.15, -0.1) is 11.6 Å². The first-order valence-electron chi connectivity index (χ1n) is 6.41. The molecule has 0 aromatic heterocycles. The van der Waals surface area contributed by atoms with Gasteiger partial charge in [-0.3, -0.25) is 0 Å². The molecule has 90 valence electrons. The first-order chi connectivity index (χ1) is 8.29. The Morgan fingerprint density at radius 1 is 1.00 bits per heavy atom. The molecule has 2 rings (SSSR count). The quantitative estimate of drug-likeness (QED) is 0.638. The third-order valence-electron chi connectivity index (χ3n) is 3.16. The molecule has 2 aromatic carbocycles. The van der Waals surface area contributed by atoms with Crippen LogP contribution in [-0.4, -0.2) is 5.38 Å². The monoisotopic (exact) mass is 246 g/mol. The summed E-state index contributed by atoms with van der Waals surface area (Å²) in [6, 6.07) is 15.2. The van der Waals surface area contributed by atoms with Crippen molar-refractivity contribution in [3.63, 3.8) is 0 Å². The molecule has 0 nitrogen and oxygen atoms in total. The van der Waals surface area contributed by atoms with Gasteiger partial charge in [0, 0.05) is 5.38 Å². The van der Waals surface area contributed by atoms with Gasteiger partial charge in [-0.05, 0) is 35.6 Å². The molecule has 0 amide bonds. The topological polar surface area (TPSA) is 0 Å². The molecule has 0 fully saturated rings. The summed E-state index contributed by atoms with van der Waals surface area (Å²) in [7, 11) is 0. The number of hydrogen-bond donors (Lipinski definition) is 0. The van der Waals surface area contributed by atoms with Crippen LogP contribution in [-0.2, 0) is 6.42 Å². The summed E-state index contributed by atoms with van der Waals surface area (Å²) in [6.07, 6.45) is 4.45. The third kappa shape index (κ3) is 3.47. The summed E-state index contributed by atoms with van der Waals surface area (Å²) < 4.78 is 0. The van der Waals surface area contributed by atoms with Crippen LogP contribution in [0.25, 0.3) is 10.8 Å². The highest BCUT2D eigenvalue weighted by atomic mass is 35.5. The fourth-order valence-electron chi connectivity index (χ4n) is 2.18. The average molecular weight is 247 g/mol. The van der Waals surface area contributed by atoms with E-state index >= 15 is 0 Å². The van der Waals surface area contributed by atoms with Crippen molar-refractivity contribution in [3.05, 3.63) is 48.0 Å². The van der Waals surface area contributed by atoms with E-state index in [9.17, 15) is 0 Å². The number of alkyl halides is 1. The second-order valence-corrected chi connectivity index (χ2v) is 5.22. The van der Waals surface area contributed by atoms with E-state index in [1.165, 1.54) is 22.8 Å². The van der Waals surface area contributed by atoms with Gasteiger partial charge in [0.2, 0.25) is 0 Å². The van der Waals surface area contributed by atoms with Crippen LogP contribution >= 0.6 is 11.6 Å². The number of fused-ring (bicyclic) bond motifs is 1. The van der Waals surface area contributed by atoms with E-state index in [1.807, 2.05) is 0 Å². The second kappa shape index (κ2) is 6.07. The molecule has 0 bridgehead atoms. The van der Waals surface area contributed by atoms with Gasteiger partial charge in [0.05, 0.1) is 0 Å². The fourth-order valence-corrected chi connectivity index (χ4v) is 2.50. The van der Waals surface area contributed by atoms with Crippen molar-refractivity contribution in [2.24, 2.45) is 0 Å². The number of hydrogen-bond acceptors (Lipinski definition) is 0. The average Bonchev–Trinajstić information content (AvgIpc) is 2.36. The molecular weight excluding hydrogens is 228 g/mol. The lowest BCUT2D eigenvalue weighted by molar-refractivity contribution is 0.676. The van der Waals surface area contributed by atoms with Crippen LogP contribution in [0.15, 0.2) is 42.5 Å². The molecule has 0 N–H and O–H groups in total. The third-order valence-corrected chi connectivity index (χ3v) is 3.60. The van der Waals surface area contributed by atoms with Crippen molar-refractivity contribution in [2.75, 3.05) is 0 Å². The zero-order chi connectivity index (χ0) is 12.1. The zero-order valence-electron chi connectivity index (χ0n) is 10.3. The summed E-state index contributed by atoms with van der Waals surface area (Å²) in [4.78, 5) is 0. The van der Waals surface area contributed by atoms with Gasteiger partial charge in [-0.2, -0.15) is 0 Å². The Morgan fingerprint density at radius 2 is 1.76 bits per heavy atom.